The van der Waals surface area contributed by atoms with Crippen LogP contribution in [0.5, 0.6) is 0 Å². The summed E-state index contributed by atoms with van der Waals surface area (Å²) >= 11 is 2.97. The summed E-state index contributed by atoms with van der Waals surface area (Å²) in [5.74, 6) is 0. The molecule has 0 spiro atoms. The van der Waals surface area contributed by atoms with Crippen LogP contribution in [-0.4, -0.2) is 15.7 Å². The molecular formula is C9H4BrF3N2O. The van der Waals surface area contributed by atoms with Crippen molar-refractivity contribution in [3.8, 4) is 0 Å². The summed E-state index contributed by atoms with van der Waals surface area (Å²) in [6.07, 6.45) is -1.45. The fraction of sp³-hybridized carbons (Fsp3) is 0.111. The van der Waals surface area contributed by atoms with Gasteiger partial charge in [-0.15, -0.1) is 0 Å². The highest BCUT2D eigenvalue weighted by molar-refractivity contribution is 9.10. The Kier molecular flexibility index (Phi) is 2.49. The van der Waals surface area contributed by atoms with Crippen LogP contribution in [0.2, 0.25) is 0 Å². The second-order valence-electron chi connectivity index (χ2n) is 3.08. The van der Waals surface area contributed by atoms with Gasteiger partial charge < -0.3 is 4.40 Å². The molecule has 3 nitrogen and oxygen atoms in total. The molecule has 0 atom stereocenters. The molecule has 2 aromatic heterocycles. The van der Waals surface area contributed by atoms with Crippen LogP contribution in [0.4, 0.5) is 13.2 Å². The second-order valence-corrected chi connectivity index (χ2v) is 4.00. The Morgan fingerprint density at radius 1 is 1.38 bits per heavy atom. The van der Waals surface area contributed by atoms with Gasteiger partial charge in [0.25, 0.3) is 0 Å². The third kappa shape index (κ3) is 1.82. The van der Waals surface area contributed by atoms with Crippen molar-refractivity contribution in [3.63, 3.8) is 0 Å². The van der Waals surface area contributed by atoms with E-state index in [0.29, 0.717) is 6.29 Å². The SMILES string of the molecule is O=Cc1cn2cc(Br)cc(C(F)(F)F)c2n1. The molecule has 0 bridgehead atoms. The van der Waals surface area contributed by atoms with E-state index in [-0.39, 0.29) is 15.8 Å². The number of imidazole rings is 1. The monoisotopic (exact) mass is 292 g/mol. The Morgan fingerprint density at radius 2 is 2.06 bits per heavy atom. The van der Waals surface area contributed by atoms with Crippen molar-refractivity contribution in [3.05, 3.63) is 34.2 Å². The van der Waals surface area contributed by atoms with E-state index in [2.05, 4.69) is 20.9 Å². The maximum atomic E-state index is 12.6. The number of halogens is 4. The van der Waals surface area contributed by atoms with Crippen LogP contribution >= 0.6 is 15.9 Å². The zero-order valence-corrected chi connectivity index (χ0v) is 9.21. The highest BCUT2D eigenvalue weighted by atomic mass is 79.9. The normalized spacial score (nSPS) is 12.0. The van der Waals surface area contributed by atoms with Crippen LogP contribution in [-0.2, 0) is 6.18 Å². The van der Waals surface area contributed by atoms with E-state index in [0.717, 1.165) is 10.5 Å². The molecule has 0 radical (unpaired) electrons. The number of alkyl halides is 3. The first-order chi connectivity index (χ1) is 7.41. The second kappa shape index (κ2) is 3.58. The molecule has 0 N–H and O–H groups in total. The van der Waals surface area contributed by atoms with Gasteiger partial charge in [-0.3, -0.25) is 4.79 Å². The van der Waals surface area contributed by atoms with E-state index in [1.54, 1.807) is 0 Å². The van der Waals surface area contributed by atoms with Crippen molar-refractivity contribution in [2.75, 3.05) is 0 Å². The van der Waals surface area contributed by atoms with Gasteiger partial charge in [0.05, 0.1) is 5.56 Å². The number of rotatable bonds is 1. The Balaban J connectivity index is 2.81. The van der Waals surface area contributed by atoms with Crippen LogP contribution in [0, 0.1) is 0 Å². The van der Waals surface area contributed by atoms with Gasteiger partial charge in [0.15, 0.2) is 6.29 Å². The van der Waals surface area contributed by atoms with Crippen molar-refractivity contribution in [2.45, 2.75) is 6.18 Å². The van der Waals surface area contributed by atoms with Crippen LogP contribution in [0.15, 0.2) is 22.9 Å². The number of carbonyl (C=O) groups is 1. The summed E-state index contributed by atoms with van der Waals surface area (Å²) in [6, 6.07) is 0.927. The Hall–Kier alpha value is -1.37. The number of pyridine rings is 1. The Morgan fingerprint density at radius 3 is 2.62 bits per heavy atom. The molecule has 0 unspecified atom stereocenters. The van der Waals surface area contributed by atoms with Crippen LogP contribution in [0.3, 0.4) is 0 Å². The van der Waals surface area contributed by atoms with E-state index < -0.39 is 11.7 Å². The van der Waals surface area contributed by atoms with Crippen LogP contribution < -0.4 is 0 Å². The van der Waals surface area contributed by atoms with E-state index in [4.69, 9.17) is 0 Å². The molecule has 0 saturated heterocycles. The summed E-state index contributed by atoms with van der Waals surface area (Å²) < 4.78 is 39.4. The van der Waals surface area contributed by atoms with Crippen molar-refractivity contribution in [1.82, 2.24) is 9.38 Å². The molecule has 2 aromatic rings. The highest BCUT2D eigenvalue weighted by Gasteiger charge is 2.34. The van der Waals surface area contributed by atoms with Crippen molar-refractivity contribution >= 4 is 27.9 Å². The van der Waals surface area contributed by atoms with Gasteiger partial charge in [-0.05, 0) is 22.0 Å². The van der Waals surface area contributed by atoms with Crippen molar-refractivity contribution in [1.29, 1.82) is 0 Å². The first-order valence-electron chi connectivity index (χ1n) is 4.12. The summed E-state index contributed by atoms with van der Waals surface area (Å²) in [4.78, 5) is 14.0. The average molecular weight is 293 g/mol. The first-order valence-corrected chi connectivity index (χ1v) is 4.92. The van der Waals surface area contributed by atoms with Crippen LogP contribution in [0.1, 0.15) is 16.1 Å². The Bertz CT molecular complexity index is 562. The lowest BCUT2D eigenvalue weighted by molar-refractivity contribution is -0.136. The third-order valence-electron chi connectivity index (χ3n) is 1.96. The molecule has 0 fully saturated rings. The topological polar surface area (TPSA) is 34.4 Å². The molecule has 16 heavy (non-hydrogen) atoms. The van der Waals surface area contributed by atoms with E-state index in [9.17, 15) is 18.0 Å². The fourth-order valence-electron chi connectivity index (χ4n) is 1.35. The largest absolute Gasteiger partial charge is 0.420 e. The maximum absolute atomic E-state index is 12.6. The molecule has 2 heterocycles. The van der Waals surface area contributed by atoms with E-state index in [1.807, 2.05) is 0 Å². The smallest absolute Gasteiger partial charge is 0.305 e. The molecule has 0 saturated carbocycles. The fourth-order valence-corrected chi connectivity index (χ4v) is 1.80. The molecule has 0 aliphatic heterocycles. The zero-order valence-electron chi connectivity index (χ0n) is 7.62. The predicted octanol–water partition coefficient (Wildman–Crippen LogP) is 2.93. The van der Waals surface area contributed by atoms with Gasteiger partial charge in [0.1, 0.15) is 11.3 Å². The molecule has 7 heteroatoms. The number of hydrogen-bond donors (Lipinski definition) is 0. The summed E-state index contributed by atoms with van der Waals surface area (Å²) in [7, 11) is 0. The lowest BCUT2D eigenvalue weighted by Gasteiger charge is -2.08. The number of nitrogens with zero attached hydrogens (tertiary/aromatic N) is 2. The number of fused-ring (bicyclic) bond motifs is 1. The zero-order chi connectivity index (χ0) is 11.9. The van der Waals surface area contributed by atoms with Gasteiger partial charge in [-0.1, -0.05) is 0 Å². The molecule has 0 aliphatic rings. The number of hydrogen-bond acceptors (Lipinski definition) is 2. The molecule has 0 amide bonds. The average Bonchev–Trinajstić information content (AvgIpc) is 2.57. The van der Waals surface area contributed by atoms with Crippen LogP contribution in [0.25, 0.3) is 5.65 Å². The molecule has 2 rings (SSSR count). The molecule has 84 valence electrons. The number of aromatic nitrogens is 2. The van der Waals surface area contributed by atoms with E-state index >= 15 is 0 Å². The minimum atomic E-state index is -4.50. The minimum absolute atomic E-state index is 0.0383. The van der Waals surface area contributed by atoms with Gasteiger partial charge in [-0.25, -0.2) is 4.98 Å². The quantitative estimate of drug-likeness (QED) is 0.758. The highest BCUT2D eigenvalue weighted by Crippen LogP contribution is 2.33. The summed E-state index contributed by atoms with van der Waals surface area (Å²) in [6.45, 7) is 0. The molecule has 0 aliphatic carbocycles. The lowest BCUT2D eigenvalue weighted by Crippen LogP contribution is -2.07. The van der Waals surface area contributed by atoms with Crippen molar-refractivity contribution in [2.24, 2.45) is 0 Å². The first kappa shape index (κ1) is 11.1. The van der Waals surface area contributed by atoms with Gasteiger partial charge in [0.2, 0.25) is 0 Å². The predicted molar refractivity (Wildman–Crippen MR) is 53.3 cm³/mol. The molecule has 0 aromatic carbocycles. The standard InChI is InChI=1S/C9H4BrF3N2O/c10-5-1-7(9(11,12)13)8-14-6(4-16)3-15(8)2-5/h1-4H. The van der Waals surface area contributed by atoms with Crippen molar-refractivity contribution < 1.29 is 18.0 Å². The maximum Gasteiger partial charge on any atom is 0.420 e. The summed E-state index contributed by atoms with van der Waals surface area (Å²) in [5, 5.41) is 0. The van der Waals surface area contributed by atoms with Gasteiger partial charge in [0, 0.05) is 16.9 Å². The number of aldehydes is 1. The Labute approximate surface area is 96.0 Å². The summed E-state index contributed by atoms with van der Waals surface area (Å²) in [5.41, 5.74) is -1.20. The van der Waals surface area contributed by atoms with E-state index in [1.165, 1.54) is 12.4 Å². The third-order valence-corrected chi connectivity index (χ3v) is 2.40. The van der Waals surface area contributed by atoms with Gasteiger partial charge >= 0.3 is 6.18 Å². The molecular weight excluding hydrogens is 289 g/mol. The number of carbonyl (C=O) groups excluding carboxylic acids is 1. The van der Waals surface area contributed by atoms with Gasteiger partial charge in [-0.2, -0.15) is 13.2 Å². The lowest BCUT2D eigenvalue weighted by atomic mass is 10.2. The minimum Gasteiger partial charge on any atom is -0.305 e.